The molecule has 2 aliphatic rings. The van der Waals surface area contributed by atoms with E-state index in [1.165, 1.54) is 0 Å². The van der Waals surface area contributed by atoms with Crippen LogP contribution in [0.4, 0.5) is 17.6 Å². The molecule has 230 valence electrons. The Morgan fingerprint density at radius 1 is 0.682 bits per heavy atom. The molecule has 2 amide bonds. The lowest BCUT2D eigenvalue weighted by atomic mass is 9.86. The average molecular weight is 609 g/mol. The Labute approximate surface area is 252 Å². The van der Waals surface area contributed by atoms with Crippen molar-refractivity contribution < 1.29 is 27.2 Å². The predicted molar refractivity (Wildman–Crippen MR) is 153 cm³/mol. The number of nitrogens with one attached hydrogen (secondary N) is 4. The summed E-state index contributed by atoms with van der Waals surface area (Å²) >= 11 is 0. The summed E-state index contributed by atoms with van der Waals surface area (Å²) in [6.45, 7) is 0.328. The van der Waals surface area contributed by atoms with E-state index in [2.05, 4.69) is 54.3 Å². The smallest absolute Gasteiger partial charge is 0.248 e. The van der Waals surface area contributed by atoms with Crippen molar-refractivity contribution in [3.8, 4) is 23.7 Å². The third kappa shape index (κ3) is 8.73. The van der Waals surface area contributed by atoms with Crippen LogP contribution in [0.5, 0.6) is 0 Å². The molecular weight excluding hydrogens is 576 g/mol. The molecule has 2 fully saturated rings. The van der Waals surface area contributed by atoms with Crippen LogP contribution in [0.15, 0.2) is 36.7 Å². The number of aromatic nitrogens is 4. The molecule has 0 atom stereocenters. The van der Waals surface area contributed by atoms with Gasteiger partial charge in [0.25, 0.3) is 0 Å². The SMILES string of the molecule is O=C(NCc1ncc(C#Cc2ccc(C#Cc3cnc(CNC(=O)C4CCC(F)(F)CC4)[nH]3)cc2)[nH]1)C1CCC(F)(F)CC1. The number of hydrogen-bond donors (Lipinski definition) is 4. The van der Waals surface area contributed by atoms with Crippen molar-refractivity contribution >= 4 is 11.8 Å². The molecule has 2 aromatic heterocycles. The van der Waals surface area contributed by atoms with Gasteiger partial charge in [-0.1, -0.05) is 11.8 Å². The molecule has 4 N–H and O–H groups in total. The van der Waals surface area contributed by atoms with Crippen molar-refractivity contribution in [1.82, 2.24) is 30.6 Å². The van der Waals surface area contributed by atoms with Crippen molar-refractivity contribution in [2.75, 3.05) is 0 Å². The fourth-order valence-electron chi connectivity index (χ4n) is 5.18. The molecular formula is C32H32F4N6O2. The Kier molecular flexibility index (Phi) is 9.38. The number of nitrogens with zero attached hydrogens (tertiary/aromatic N) is 2. The van der Waals surface area contributed by atoms with Crippen LogP contribution in [-0.2, 0) is 22.7 Å². The Morgan fingerprint density at radius 3 is 1.41 bits per heavy atom. The van der Waals surface area contributed by atoms with Gasteiger partial charge in [0.2, 0.25) is 23.7 Å². The topological polar surface area (TPSA) is 116 Å². The maximum Gasteiger partial charge on any atom is 0.248 e. The van der Waals surface area contributed by atoms with E-state index < -0.39 is 23.7 Å². The number of benzene rings is 1. The second-order valence-electron chi connectivity index (χ2n) is 11.3. The van der Waals surface area contributed by atoms with E-state index in [0.717, 1.165) is 11.1 Å². The van der Waals surface area contributed by atoms with Gasteiger partial charge in [-0.15, -0.1) is 0 Å². The van der Waals surface area contributed by atoms with Crippen molar-refractivity contribution in [2.24, 2.45) is 11.8 Å². The van der Waals surface area contributed by atoms with E-state index in [4.69, 9.17) is 0 Å². The van der Waals surface area contributed by atoms with Crippen LogP contribution >= 0.6 is 0 Å². The highest BCUT2D eigenvalue weighted by atomic mass is 19.3. The first-order valence-corrected chi connectivity index (χ1v) is 14.6. The summed E-state index contributed by atoms with van der Waals surface area (Å²) in [5, 5.41) is 5.51. The minimum absolute atomic E-state index is 0.164. The molecule has 0 spiro atoms. The molecule has 0 saturated heterocycles. The van der Waals surface area contributed by atoms with Gasteiger partial charge in [-0.2, -0.15) is 0 Å². The molecule has 12 heteroatoms. The van der Waals surface area contributed by atoms with E-state index in [-0.39, 0.29) is 76.3 Å². The number of hydrogen-bond acceptors (Lipinski definition) is 4. The molecule has 8 nitrogen and oxygen atoms in total. The summed E-state index contributed by atoms with van der Waals surface area (Å²) in [6, 6.07) is 7.32. The van der Waals surface area contributed by atoms with Gasteiger partial charge in [0.1, 0.15) is 23.0 Å². The third-order valence-corrected chi connectivity index (χ3v) is 7.86. The molecule has 1 aromatic carbocycles. The maximum absolute atomic E-state index is 13.3. The van der Waals surface area contributed by atoms with E-state index in [1.807, 2.05) is 24.3 Å². The van der Waals surface area contributed by atoms with Gasteiger partial charge in [-0.05, 0) is 61.8 Å². The molecule has 0 aliphatic heterocycles. The first kappa shape index (κ1) is 30.9. The van der Waals surface area contributed by atoms with Crippen LogP contribution in [-0.4, -0.2) is 43.6 Å². The van der Waals surface area contributed by atoms with Crippen molar-refractivity contribution in [3.05, 3.63) is 70.8 Å². The zero-order valence-electron chi connectivity index (χ0n) is 23.9. The Bertz CT molecular complexity index is 1470. The second-order valence-corrected chi connectivity index (χ2v) is 11.3. The fraction of sp³-hybridized carbons (Fsp3) is 0.438. The summed E-state index contributed by atoms with van der Waals surface area (Å²) in [4.78, 5) is 39.1. The third-order valence-electron chi connectivity index (χ3n) is 7.86. The monoisotopic (exact) mass is 608 g/mol. The number of carbonyl (C=O) groups is 2. The molecule has 3 aromatic rings. The molecule has 2 aliphatic carbocycles. The van der Waals surface area contributed by atoms with Gasteiger partial charge in [-0.3, -0.25) is 9.59 Å². The number of imidazole rings is 2. The minimum atomic E-state index is -2.67. The lowest BCUT2D eigenvalue weighted by molar-refractivity contribution is -0.130. The Hall–Kier alpha value is -4.58. The van der Waals surface area contributed by atoms with Crippen LogP contribution in [0.1, 0.15) is 85.5 Å². The number of H-pyrrole nitrogens is 2. The number of alkyl halides is 4. The summed E-state index contributed by atoms with van der Waals surface area (Å²) in [7, 11) is 0. The van der Waals surface area contributed by atoms with Crippen LogP contribution in [0, 0.1) is 35.5 Å². The summed E-state index contributed by atoms with van der Waals surface area (Å²) < 4.78 is 53.3. The quantitative estimate of drug-likeness (QED) is 0.237. The standard InChI is InChI=1S/C32H32F4N6O2/c33-31(34)13-9-23(10-14-31)29(43)39-19-27-37-17-25(41-27)7-5-21-1-2-22(4-3-21)6-8-26-18-38-28(42-26)20-40-30(44)24-11-15-32(35,36)16-12-24/h1-4,17-18,23-24H,9-16,19-20H2,(H,37,41)(H,38,42)(H,39,43)(H,40,44). The summed E-state index contributed by atoms with van der Waals surface area (Å²) in [5.41, 5.74) is 2.66. The first-order valence-electron chi connectivity index (χ1n) is 14.6. The summed E-state index contributed by atoms with van der Waals surface area (Å²) in [6.07, 6.45) is 2.81. The maximum atomic E-state index is 13.3. The van der Waals surface area contributed by atoms with E-state index >= 15 is 0 Å². The highest BCUT2D eigenvalue weighted by molar-refractivity contribution is 5.79. The predicted octanol–water partition coefficient (Wildman–Crippen LogP) is 4.82. The number of carbonyl (C=O) groups excluding carboxylic acids is 2. The zero-order valence-corrected chi connectivity index (χ0v) is 23.9. The molecule has 2 heterocycles. The van der Waals surface area contributed by atoms with E-state index in [1.54, 1.807) is 12.4 Å². The minimum Gasteiger partial charge on any atom is -0.349 e. The van der Waals surface area contributed by atoms with Crippen LogP contribution < -0.4 is 10.6 Å². The Balaban J connectivity index is 1.06. The van der Waals surface area contributed by atoms with Crippen molar-refractivity contribution in [3.63, 3.8) is 0 Å². The molecule has 0 bridgehead atoms. The highest BCUT2D eigenvalue weighted by Crippen LogP contribution is 2.37. The van der Waals surface area contributed by atoms with Crippen molar-refractivity contribution in [2.45, 2.75) is 76.3 Å². The lowest BCUT2D eigenvalue weighted by Crippen LogP contribution is -2.35. The largest absolute Gasteiger partial charge is 0.349 e. The molecule has 2 saturated carbocycles. The molecule has 5 rings (SSSR count). The van der Waals surface area contributed by atoms with Gasteiger partial charge in [0.15, 0.2) is 0 Å². The normalized spacial score (nSPS) is 17.9. The number of aromatic amines is 2. The van der Waals surface area contributed by atoms with Gasteiger partial charge in [0.05, 0.1) is 25.5 Å². The van der Waals surface area contributed by atoms with Gasteiger partial charge < -0.3 is 20.6 Å². The number of amides is 2. The van der Waals surface area contributed by atoms with Gasteiger partial charge in [-0.25, -0.2) is 27.5 Å². The molecule has 0 radical (unpaired) electrons. The fourth-order valence-corrected chi connectivity index (χ4v) is 5.18. The van der Waals surface area contributed by atoms with Gasteiger partial charge >= 0.3 is 0 Å². The van der Waals surface area contributed by atoms with Crippen LogP contribution in [0.3, 0.4) is 0 Å². The zero-order chi connectivity index (χ0) is 31.2. The van der Waals surface area contributed by atoms with Crippen LogP contribution in [0.25, 0.3) is 0 Å². The highest BCUT2D eigenvalue weighted by Gasteiger charge is 2.38. The van der Waals surface area contributed by atoms with E-state index in [0.29, 0.717) is 23.0 Å². The number of rotatable bonds is 6. The molecule has 44 heavy (non-hydrogen) atoms. The average Bonchev–Trinajstić information content (AvgIpc) is 3.66. The van der Waals surface area contributed by atoms with Crippen molar-refractivity contribution in [1.29, 1.82) is 0 Å². The summed E-state index contributed by atoms with van der Waals surface area (Å²) in [5.74, 6) is 6.49. The number of halogens is 4. The Morgan fingerprint density at radius 2 is 1.05 bits per heavy atom. The second kappa shape index (κ2) is 13.4. The first-order chi connectivity index (χ1) is 21.0. The van der Waals surface area contributed by atoms with E-state index in [9.17, 15) is 27.2 Å². The van der Waals surface area contributed by atoms with Gasteiger partial charge in [0, 0.05) is 48.6 Å². The molecule has 0 unspecified atom stereocenters. The van der Waals surface area contributed by atoms with Crippen LogP contribution in [0.2, 0.25) is 0 Å². The lowest BCUT2D eigenvalue weighted by Gasteiger charge is -2.27.